The van der Waals surface area contributed by atoms with Gasteiger partial charge in [0.15, 0.2) is 0 Å². The minimum Gasteiger partial charge on any atom is -0.339 e. The molecule has 0 saturated carbocycles. The second-order valence-electron chi connectivity index (χ2n) is 4.17. The number of aromatic nitrogens is 3. The first kappa shape index (κ1) is 13.4. The third kappa shape index (κ3) is 3.48. The molecule has 0 aliphatic heterocycles. The molecule has 98 valence electrons. The van der Waals surface area contributed by atoms with E-state index >= 15 is 0 Å². The Balaban J connectivity index is 2.15. The highest BCUT2D eigenvalue weighted by Gasteiger charge is 2.08. The topological polar surface area (TPSA) is 59.0 Å². The molecule has 0 fully saturated rings. The molecule has 0 amide bonds. The fourth-order valence-corrected chi connectivity index (χ4v) is 1.85. The summed E-state index contributed by atoms with van der Waals surface area (Å²) in [5, 5.41) is 0.186. The summed E-state index contributed by atoms with van der Waals surface area (Å²) in [4.78, 5) is 24.7. The van der Waals surface area contributed by atoms with Gasteiger partial charge in [0, 0.05) is 19.2 Å². The van der Waals surface area contributed by atoms with Crippen LogP contribution in [0.1, 0.15) is 21.7 Å². The Morgan fingerprint density at radius 3 is 2.47 bits per heavy atom. The smallest absolute Gasteiger partial charge is 0.229 e. The van der Waals surface area contributed by atoms with E-state index in [2.05, 4.69) is 15.0 Å². The fourth-order valence-electron chi connectivity index (χ4n) is 1.65. The molecular weight excluding hydrogens is 264 g/mol. The number of anilines is 1. The summed E-state index contributed by atoms with van der Waals surface area (Å²) in [6, 6.07) is 7.36. The molecular formula is C13H13ClN4O. The van der Waals surface area contributed by atoms with Crippen molar-refractivity contribution in [2.24, 2.45) is 0 Å². The highest BCUT2D eigenvalue weighted by atomic mass is 35.5. The summed E-state index contributed by atoms with van der Waals surface area (Å²) in [7, 11) is 1.87. The molecule has 0 radical (unpaired) electrons. The van der Waals surface area contributed by atoms with Crippen LogP contribution >= 0.6 is 11.6 Å². The van der Waals surface area contributed by atoms with Crippen molar-refractivity contribution >= 4 is 23.8 Å². The molecule has 1 aromatic heterocycles. The Morgan fingerprint density at radius 2 is 1.89 bits per heavy atom. The zero-order valence-electron chi connectivity index (χ0n) is 10.7. The largest absolute Gasteiger partial charge is 0.339 e. The summed E-state index contributed by atoms with van der Waals surface area (Å²) in [6.45, 7) is 2.39. The lowest BCUT2D eigenvalue weighted by Gasteiger charge is -2.17. The summed E-state index contributed by atoms with van der Waals surface area (Å²) < 4.78 is 0. The summed E-state index contributed by atoms with van der Waals surface area (Å²) in [5.74, 6) is 1.11. The van der Waals surface area contributed by atoms with Crippen LogP contribution in [0.15, 0.2) is 24.3 Å². The van der Waals surface area contributed by atoms with Crippen molar-refractivity contribution < 1.29 is 4.79 Å². The van der Waals surface area contributed by atoms with Crippen LogP contribution in [0.4, 0.5) is 5.95 Å². The Bertz CT molecular complexity index is 565. The van der Waals surface area contributed by atoms with Crippen molar-refractivity contribution in [3.8, 4) is 0 Å². The van der Waals surface area contributed by atoms with Gasteiger partial charge in [0.1, 0.15) is 12.1 Å². The molecule has 0 saturated heterocycles. The van der Waals surface area contributed by atoms with Gasteiger partial charge in [-0.15, -0.1) is 0 Å². The monoisotopic (exact) mass is 276 g/mol. The molecule has 0 spiro atoms. The number of aryl methyl sites for hydroxylation is 1. The van der Waals surface area contributed by atoms with E-state index in [4.69, 9.17) is 11.6 Å². The van der Waals surface area contributed by atoms with Crippen molar-refractivity contribution in [3.05, 3.63) is 46.5 Å². The zero-order valence-corrected chi connectivity index (χ0v) is 11.4. The van der Waals surface area contributed by atoms with E-state index in [1.807, 2.05) is 24.1 Å². The van der Waals surface area contributed by atoms with E-state index in [1.165, 1.54) is 0 Å². The van der Waals surface area contributed by atoms with Crippen molar-refractivity contribution in [2.45, 2.75) is 13.5 Å². The minimum absolute atomic E-state index is 0.186. The molecule has 1 aromatic carbocycles. The van der Waals surface area contributed by atoms with Crippen LogP contribution in [0.3, 0.4) is 0 Å². The van der Waals surface area contributed by atoms with Crippen molar-refractivity contribution in [1.82, 2.24) is 15.0 Å². The number of hydrogen-bond donors (Lipinski definition) is 0. The van der Waals surface area contributed by atoms with Crippen LogP contribution in [-0.2, 0) is 6.54 Å². The van der Waals surface area contributed by atoms with E-state index in [1.54, 1.807) is 19.1 Å². The van der Waals surface area contributed by atoms with Gasteiger partial charge in [-0.3, -0.25) is 4.79 Å². The number of benzene rings is 1. The van der Waals surface area contributed by atoms with Gasteiger partial charge in [-0.25, -0.2) is 4.98 Å². The van der Waals surface area contributed by atoms with Gasteiger partial charge in [0.2, 0.25) is 11.2 Å². The van der Waals surface area contributed by atoms with E-state index in [0.29, 0.717) is 23.9 Å². The Labute approximate surface area is 116 Å². The third-order valence-corrected chi connectivity index (χ3v) is 2.75. The standard InChI is InChI=1S/C13H13ClN4O/c1-9-15-12(14)17-13(16-9)18(2)7-10-3-5-11(8-19)6-4-10/h3-6,8H,7H2,1-2H3. The average Bonchev–Trinajstić information content (AvgIpc) is 2.38. The molecule has 0 atom stereocenters. The molecule has 5 nitrogen and oxygen atoms in total. The van der Waals surface area contributed by atoms with Crippen LogP contribution in [0.5, 0.6) is 0 Å². The minimum atomic E-state index is 0.186. The number of carbonyl (C=O) groups excluding carboxylic acids is 1. The van der Waals surface area contributed by atoms with Gasteiger partial charge >= 0.3 is 0 Å². The lowest BCUT2D eigenvalue weighted by atomic mass is 10.1. The second-order valence-corrected chi connectivity index (χ2v) is 4.51. The molecule has 0 unspecified atom stereocenters. The Morgan fingerprint density at radius 1 is 1.21 bits per heavy atom. The highest BCUT2D eigenvalue weighted by molar-refractivity contribution is 6.28. The molecule has 6 heteroatoms. The molecule has 2 rings (SSSR count). The first-order valence-corrected chi connectivity index (χ1v) is 6.09. The van der Waals surface area contributed by atoms with Crippen LogP contribution in [0, 0.1) is 6.92 Å². The summed E-state index contributed by atoms with van der Waals surface area (Å²) in [5.41, 5.74) is 1.72. The lowest BCUT2D eigenvalue weighted by molar-refractivity contribution is 0.112. The molecule has 1 heterocycles. The normalized spacial score (nSPS) is 10.3. The van der Waals surface area contributed by atoms with E-state index in [0.717, 1.165) is 11.8 Å². The number of nitrogens with zero attached hydrogens (tertiary/aromatic N) is 4. The predicted octanol–water partition coefficient (Wildman–Crippen LogP) is 2.28. The lowest BCUT2D eigenvalue weighted by Crippen LogP contribution is -2.20. The van der Waals surface area contributed by atoms with Gasteiger partial charge in [0.05, 0.1) is 0 Å². The SMILES string of the molecule is Cc1nc(Cl)nc(N(C)Cc2ccc(C=O)cc2)n1. The molecule has 19 heavy (non-hydrogen) atoms. The maximum atomic E-state index is 10.6. The summed E-state index contributed by atoms with van der Waals surface area (Å²) in [6.07, 6.45) is 0.822. The zero-order chi connectivity index (χ0) is 13.8. The van der Waals surface area contributed by atoms with E-state index < -0.39 is 0 Å². The van der Waals surface area contributed by atoms with Gasteiger partial charge in [0.25, 0.3) is 0 Å². The molecule has 0 N–H and O–H groups in total. The van der Waals surface area contributed by atoms with Crippen LogP contribution < -0.4 is 4.90 Å². The van der Waals surface area contributed by atoms with Gasteiger partial charge in [-0.05, 0) is 24.1 Å². The summed E-state index contributed by atoms with van der Waals surface area (Å²) >= 11 is 5.81. The molecule has 0 aliphatic rings. The van der Waals surface area contributed by atoms with Crippen molar-refractivity contribution in [2.75, 3.05) is 11.9 Å². The molecule has 0 bridgehead atoms. The van der Waals surface area contributed by atoms with Gasteiger partial charge in [-0.2, -0.15) is 9.97 Å². The van der Waals surface area contributed by atoms with E-state index in [9.17, 15) is 4.79 Å². The molecule has 2 aromatic rings. The Kier molecular flexibility index (Phi) is 4.06. The van der Waals surface area contributed by atoms with Crippen molar-refractivity contribution in [3.63, 3.8) is 0 Å². The maximum Gasteiger partial charge on any atom is 0.229 e. The number of aldehydes is 1. The number of carbonyl (C=O) groups is 1. The molecule has 0 aliphatic carbocycles. The van der Waals surface area contributed by atoms with Crippen LogP contribution in [0.2, 0.25) is 5.28 Å². The predicted molar refractivity (Wildman–Crippen MR) is 73.5 cm³/mol. The number of halogens is 1. The van der Waals surface area contributed by atoms with E-state index in [-0.39, 0.29) is 5.28 Å². The quantitative estimate of drug-likeness (QED) is 0.802. The van der Waals surface area contributed by atoms with Crippen molar-refractivity contribution in [1.29, 1.82) is 0 Å². The Hall–Kier alpha value is -2.01. The highest BCUT2D eigenvalue weighted by Crippen LogP contribution is 2.13. The first-order chi connectivity index (χ1) is 9.08. The maximum absolute atomic E-state index is 10.6. The first-order valence-electron chi connectivity index (χ1n) is 5.72. The number of hydrogen-bond acceptors (Lipinski definition) is 5. The van der Waals surface area contributed by atoms with Crippen LogP contribution in [0.25, 0.3) is 0 Å². The van der Waals surface area contributed by atoms with Gasteiger partial charge < -0.3 is 4.90 Å². The fraction of sp³-hybridized carbons (Fsp3) is 0.231. The van der Waals surface area contributed by atoms with Crippen LogP contribution in [-0.4, -0.2) is 28.3 Å². The van der Waals surface area contributed by atoms with Gasteiger partial charge in [-0.1, -0.05) is 24.3 Å². The number of rotatable bonds is 4. The average molecular weight is 277 g/mol. The second kappa shape index (κ2) is 5.75. The third-order valence-electron chi connectivity index (χ3n) is 2.59.